The quantitative estimate of drug-likeness (QED) is 0.493. The Morgan fingerprint density at radius 2 is 2.00 bits per heavy atom. The summed E-state index contributed by atoms with van der Waals surface area (Å²) in [6.07, 6.45) is 2.51. The van der Waals surface area contributed by atoms with Crippen LogP contribution in [0.2, 0.25) is 5.02 Å². The normalized spacial score (nSPS) is 17.3. The molecule has 3 amide bonds. The highest BCUT2D eigenvalue weighted by molar-refractivity contribution is 6.30. The Morgan fingerprint density at radius 1 is 1.20 bits per heavy atom. The molecule has 0 saturated carbocycles. The first-order chi connectivity index (χ1) is 16.7. The van der Waals surface area contributed by atoms with Crippen LogP contribution in [0.25, 0.3) is 5.69 Å². The maximum Gasteiger partial charge on any atom is 0.323 e. The van der Waals surface area contributed by atoms with Crippen molar-refractivity contribution in [2.75, 3.05) is 24.3 Å². The molecular weight excluding hydrogens is 481 g/mol. The number of ether oxygens (including phenoxy) is 1. The van der Waals surface area contributed by atoms with Crippen LogP contribution in [0.5, 0.6) is 5.75 Å². The number of benzene rings is 1. The summed E-state index contributed by atoms with van der Waals surface area (Å²) in [6, 6.07) is 7.72. The van der Waals surface area contributed by atoms with Gasteiger partial charge in [-0.25, -0.2) is 14.2 Å². The molecule has 10 nitrogen and oxygen atoms in total. The Morgan fingerprint density at radius 3 is 2.66 bits per heavy atom. The molecule has 1 fully saturated rings. The molecule has 2 atom stereocenters. The van der Waals surface area contributed by atoms with Crippen molar-refractivity contribution in [3.63, 3.8) is 0 Å². The number of methoxy groups -OCH3 is 1. The minimum Gasteiger partial charge on any atom is -0.508 e. The fraction of sp³-hybridized carbons (Fsp3) is 0.217. The van der Waals surface area contributed by atoms with Crippen molar-refractivity contribution >= 4 is 35.0 Å². The number of hydrogen-bond donors (Lipinski definition) is 3. The van der Waals surface area contributed by atoms with Crippen LogP contribution < -0.4 is 16.2 Å². The van der Waals surface area contributed by atoms with E-state index in [1.807, 2.05) is 0 Å². The molecule has 2 aromatic heterocycles. The second-order valence-corrected chi connectivity index (χ2v) is 8.24. The lowest BCUT2D eigenvalue weighted by atomic mass is 10.1. The van der Waals surface area contributed by atoms with E-state index < -0.39 is 29.4 Å². The highest BCUT2D eigenvalue weighted by atomic mass is 35.5. The van der Waals surface area contributed by atoms with Crippen LogP contribution in [0, 0.1) is 5.82 Å². The van der Waals surface area contributed by atoms with Crippen LogP contribution in [0.4, 0.5) is 20.7 Å². The van der Waals surface area contributed by atoms with Gasteiger partial charge in [0.25, 0.3) is 5.56 Å². The Bertz CT molecular complexity index is 1320. The molecular formula is C23H21ClFN5O5. The van der Waals surface area contributed by atoms with Crippen molar-refractivity contribution in [2.24, 2.45) is 0 Å². The van der Waals surface area contributed by atoms with Gasteiger partial charge >= 0.3 is 6.03 Å². The average molecular weight is 502 g/mol. The Kier molecular flexibility index (Phi) is 6.99. The van der Waals surface area contributed by atoms with E-state index in [4.69, 9.17) is 16.3 Å². The van der Waals surface area contributed by atoms with Crippen molar-refractivity contribution < 1.29 is 23.8 Å². The van der Waals surface area contributed by atoms with Gasteiger partial charge in [-0.3, -0.25) is 19.5 Å². The summed E-state index contributed by atoms with van der Waals surface area (Å²) in [7, 11) is 1.48. The molecule has 0 radical (unpaired) electrons. The predicted molar refractivity (Wildman–Crippen MR) is 126 cm³/mol. The van der Waals surface area contributed by atoms with Crippen molar-refractivity contribution in [3.05, 3.63) is 76.1 Å². The summed E-state index contributed by atoms with van der Waals surface area (Å²) >= 11 is 5.81. The van der Waals surface area contributed by atoms with Crippen LogP contribution in [0.1, 0.15) is 6.42 Å². The largest absolute Gasteiger partial charge is 0.508 e. The molecule has 1 saturated heterocycles. The third-order valence-corrected chi connectivity index (χ3v) is 5.74. The van der Waals surface area contributed by atoms with Crippen LogP contribution in [-0.4, -0.2) is 57.3 Å². The summed E-state index contributed by atoms with van der Waals surface area (Å²) in [4.78, 5) is 43.2. The molecule has 1 aliphatic heterocycles. The number of carbonyl (C=O) groups excluding carboxylic acids is 2. The third-order valence-electron chi connectivity index (χ3n) is 5.51. The number of anilines is 2. The molecule has 1 aromatic carbocycles. The Hall–Kier alpha value is -3.96. The fourth-order valence-electron chi connectivity index (χ4n) is 3.73. The smallest absolute Gasteiger partial charge is 0.323 e. The van der Waals surface area contributed by atoms with Gasteiger partial charge in [0.15, 0.2) is 0 Å². The number of aromatic hydroxyl groups is 1. The molecule has 35 heavy (non-hydrogen) atoms. The van der Waals surface area contributed by atoms with Gasteiger partial charge in [-0.05, 0) is 30.3 Å². The number of likely N-dealkylation sites (tertiary alicyclic amines) is 1. The van der Waals surface area contributed by atoms with E-state index in [0.29, 0.717) is 5.02 Å². The number of aromatic nitrogens is 2. The minimum absolute atomic E-state index is 0.119. The molecule has 3 aromatic rings. The zero-order valence-electron chi connectivity index (χ0n) is 18.4. The highest BCUT2D eigenvalue weighted by Crippen LogP contribution is 2.24. The van der Waals surface area contributed by atoms with E-state index >= 15 is 0 Å². The minimum atomic E-state index is -0.925. The average Bonchev–Trinajstić information content (AvgIpc) is 3.27. The Balaban J connectivity index is 1.50. The van der Waals surface area contributed by atoms with E-state index in [9.17, 15) is 23.9 Å². The first kappa shape index (κ1) is 24.2. The maximum absolute atomic E-state index is 14.8. The lowest BCUT2D eigenvalue weighted by Crippen LogP contribution is -2.45. The highest BCUT2D eigenvalue weighted by Gasteiger charge is 2.40. The van der Waals surface area contributed by atoms with Crippen LogP contribution >= 0.6 is 11.6 Å². The molecule has 0 bridgehead atoms. The van der Waals surface area contributed by atoms with Crippen molar-refractivity contribution in [1.29, 1.82) is 0 Å². The standard InChI is InChI=1S/C23H21ClFN5O5/c1-35-16-10-19(30(12-16)23(34)28-20-5-2-13(24)11-26-20)22(33)27-18-4-3-14(8-17(18)25)29-7-6-15(31)9-21(29)32/h2-9,11,16,19,31H,10,12H2,1H3,(H,27,33)(H,26,28,34)/t16-,19-/m1/s1. The van der Waals surface area contributed by atoms with Crippen molar-refractivity contribution in [1.82, 2.24) is 14.5 Å². The lowest BCUT2D eigenvalue weighted by molar-refractivity contribution is -0.119. The zero-order chi connectivity index (χ0) is 25.1. The number of rotatable bonds is 5. The topological polar surface area (TPSA) is 126 Å². The summed E-state index contributed by atoms with van der Waals surface area (Å²) < 4.78 is 21.3. The summed E-state index contributed by atoms with van der Waals surface area (Å²) in [5.41, 5.74) is -0.456. The number of hydrogen-bond acceptors (Lipinski definition) is 6. The molecule has 0 unspecified atom stereocenters. The zero-order valence-corrected chi connectivity index (χ0v) is 19.2. The second kappa shape index (κ2) is 10.1. The molecule has 1 aliphatic rings. The van der Waals surface area contributed by atoms with Gasteiger partial charge in [0.2, 0.25) is 5.91 Å². The number of halogens is 2. The van der Waals surface area contributed by atoms with Gasteiger partial charge in [-0.2, -0.15) is 0 Å². The van der Waals surface area contributed by atoms with Crippen LogP contribution in [0.15, 0.2) is 59.7 Å². The summed E-state index contributed by atoms with van der Waals surface area (Å²) in [6.45, 7) is 0.152. The van der Waals surface area contributed by atoms with Gasteiger partial charge in [0.05, 0.1) is 22.5 Å². The van der Waals surface area contributed by atoms with E-state index in [2.05, 4.69) is 15.6 Å². The van der Waals surface area contributed by atoms with Gasteiger partial charge in [0, 0.05) is 44.6 Å². The van der Waals surface area contributed by atoms with Gasteiger partial charge in [0.1, 0.15) is 23.4 Å². The molecule has 3 N–H and O–H groups in total. The monoisotopic (exact) mass is 501 g/mol. The predicted octanol–water partition coefficient (Wildman–Crippen LogP) is 2.99. The number of urea groups is 1. The number of pyridine rings is 2. The summed E-state index contributed by atoms with van der Waals surface area (Å²) in [5.74, 6) is -1.33. The summed E-state index contributed by atoms with van der Waals surface area (Å²) in [5, 5.41) is 14.9. The van der Waals surface area contributed by atoms with Gasteiger partial charge < -0.3 is 20.1 Å². The molecule has 0 aliphatic carbocycles. The Labute approximate surface area is 203 Å². The molecule has 182 valence electrons. The first-order valence-corrected chi connectivity index (χ1v) is 10.9. The lowest BCUT2D eigenvalue weighted by Gasteiger charge is -2.24. The van der Waals surface area contributed by atoms with Crippen molar-refractivity contribution in [3.8, 4) is 11.4 Å². The van der Waals surface area contributed by atoms with Crippen molar-refractivity contribution in [2.45, 2.75) is 18.6 Å². The fourth-order valence-corrected chi connectivity index (χ4v) is 3.84. The molecule has 0 spiro atoms. The third kappa shape index (κ3) is 5.42. The van der Waals surface area contributed by atoms with E-state index in [0.717, 1.165) is 16.7 Å². The number of nitrogens with zero attached hydrogens (tertiary/aromatic N) is 3. The molecule has 3 heterocycles. The van der Waals surface area contributed by atoms with Crippen LogP contribution in [0.3, 0.4) is 0 Å². The SMILES string of the molecule is CO[C@@H]1C[C@H](C(=O)Nc2ccc(-n3ccc(O)cc3=O)cc2F)N(C(=O)Nc2ccc(Cl)cn2)C1. The van der Waals surface area contributed by atoms with Crippen LogP contribution in [-0.2, 0) is 9.53 Å². The van der Waals surface area contributed by atoms with E-state index in [1.165, 1.54) is 48.7 Å². The number of amides is 3. The maximum atomic E-state index is 14.8. The van der Waals surface area contributed by atoms with Gasteiger partial charge in [-0.15, -0.1) is 0 Å². The number of nitrogens with one attached hydrogen (secondary N) is 2. The van der Waals surface area contributed by atoms with E-state index in [-0.39, 0.29) is 42.0 Å². The van der Waals surface area contributed by atoms with Gasteiger partial charge in [-0.1, -0.05) is 11.6 Å². The number of carbonyl (C=O) groups is 2. The molecule has 4 rings (SSSR count). The first-order valence-electron chi connectivity index (χ1n) is 10.5. The second-order valence-electron chi connectivity index (χ2n) is 7.80. The molecule has 12 heteroatoms. The van der Waals surface area contributed by atoms with E-state index in [1.54, 1.807) is 6.07 Å².